The summed E-state index contributed by atoms with van der Waals surface area (Å²) in [5.41, 5.74) is 1.41. The Balaban J connectivity index is 1.50. The van der Waals surface area contributed by atoms with Crippen molar-refractivity contribution in [2.75, 3.05) is 20.2 Å². The van der Waals surface area contributed by atoms with Gasteiger partial charge in [-0.05, 0) is 37.0 Å². The van der Waals surface area contributed by atoms with Crippen molar-refractivity contribution in [2.24, 2.45) is 0 Å². The Hall–Kier alpha value is -2.21. The molecule has 1 aliphatic rings. The number of benzene rings is 1. The fraction of sp³-hybridized carbons (Fsp3) is 0.500. The van der Waals surface area contributed by atoms with Crippen LogP contribution < -0.4 is 15.4 Å². The van der Waals surface area contributed by atoms with Crippen LogP contribution in [-0.4, -0.2) is 41.9 Å². The van der Waals surface area contributed by atoms with Crippen LogP contribution in [0.1, 0.15) is 31.2 Å². The molecule has 0 radical (unpaired) electrons. The van der Waals surface area contributed by atoms with Crippen molar-refractivity contribution < 1.29 is 14.6 Å². The molecule has 4 N–H and O–H groups in total. The number of amides is 2. The molecular weight excluding hydrogens is 306 g/mol. The third-order valence-corrected chi connectivity index (χ3v) is 4.76. The Morgan fingerprint density at radius 2 is 2.12 bits per heavy atom. The van der Waals surface area contributed by atoms with E-state index in [1.807, 2.05) is 24.4 Å². The summed E-state index contributed by atoms with van der Waals surface area (Å²) in [7, 11) is 1.66. The third kappa shape index (κ3) is 3.64. The third-order valence-electron chi connectivity index (χ3n) is 4.76. The van der Waals surface area contributed by atoms with Crippen LogP contribution in [-0.2, 0) is 6.42 Å². The number of ether oxygens (including phenoxy) is 1. The van der Waals surface area contributed by atoms with E-state index >= 15 is 0 Å². The minimum absolute atomic E-state index is 0.234. The van der Waals surface area contributed by atoms with Crippen molar-refractivity contribution in [2.45, 2.75) is 37.7 Å². The highest BCUT2D eigenvalue weighted by Crippen LogP contribution is 2.29. The molecule has 1 heterocycles. The monoisotopic (exact) mass is 331 g/mol. The van der Waals surface area contributed by atoms with Gasteiger partial charge >= 0.3 is 6.03 Å². The number of aromatic amines is 1. The van der Waals surface area contributed by atoms with Crippen LogP contribution >= 0.6 is 0 Å². The molecule has 1 fully saturated rings. The van der Waals surface area contributed by atoms with Gasteiger partial charge in [0.1, 0.15) is 5.75 Å². The van der Waals surface area contributed by atoms with E-state index in [9.17, 15) is 9.90 Å². The second kappa shape index (κ2) is 7.13. The van der Waals surface area contributed by atoms with Crippen LogP contribution in [0.5, 0.6) is 5.75 Å². The second-order valence-corrected chi connectivity index (χ2v) is 6.49. The van der Waals surface area contributed by atoms with Gasteiger partial charge in [-0.3, -0.25) is 0 Å². The highest BCUT2D eigenvalue weighted by molar-refractivity contribution is 5.89. The minimum Gasteiger partial charge on any atom is -0.496 e. The molecule has 0 unspecified atom stereocenters. The summed E-state index contributed by atoms with van der Waals surface area (Å²) in [6, 6.07) is 5.65. The number of aliphatic hydroxyl groups is 1. The Morgan fingerprint density at radius 1 is 1.33 bits per heavy atom. The molecule has 1 aromatic carbocycles. The molecule has 6 nitrogen and oxygen atoms in total. The van der Waals surface area contributed by atoms with Crippen molar-refractivity contribution >= 4 is 16.9 Å². The fourth-order valence-electron chi connectivity index (χ4n) is 3.41. The van der Waals surface area contributed by atoms with Crippen molar-refractivity contribution in [1.29, 1.82) is 0 Å². The summed E-state index contributed by atoms with van der Waals surface area (Å²) in [5.74, 6) is 0.830. The van der Waals surface area contributed by atoms with Crippen LogP contribution in [0.4, 0.5) is 4.79 Å². The molecule has 0 bridgehead atoms. The zero-order valence-electron chi connectivity index (χ0n) is 14.0. The molecule has 130 valence electrons. The number of carbonyl (C=O) groups excluding carboxylic acids is 1. The molecule has 2 amide bonds. The van der Waals surface area contributed by atoms with E-state index in [4.69, 9.17) is 4.74 Å². The van der Waals surface area contributed by atoms with E-state index in [0.717, 1.165) is 47.9 Å². The first-order chi connectivity index (χ1) is 11.6. The number of carbonyl (C=O) groups is 1. The van der Waals surface area contributed by atoms with Gasteiger partial charge in [-0.2, -0.15) is 0 Å². The van der Waals surface area contributed by atoms with E-state index in [1.165, 1.54) is 0 Å². The lowest BCUT2D eigenvalue weighted by molar-refractivity contribution is 0.0501. The SMILES string of the molecule is COc1cccc2[nH]cc(CCNC(=O)NCC3(O)CCCC3)c12. The molecule has 0 atom stereocenters. The lowest BCUT2D eigenvalue weighted by Crippen LogP contribution is -2.45. The maximum atomic E-state index is 11.9. The molecule has 1 saturated carbocycles. The van der Waals surface area contributed by atoms with E-state index in [0.29, 0.717) is 19.5 Å². The van der Waals surface area contributed by atoms with Crippen molar-refractivity contribution in [3.63, 3.8) is 0 Å². The van der Waals surface area contributed by atoms with Gasteiger partial charge in [0.15, 0.2) is 0 Å². The maximum absolute atomic E-state index is 11.9. The first-order valence-electron chi connectivity index (χ1n) is 8.48. The maximum Gasteiger partial charge on any atom is 0.314 e. The summed E-state index contributed by atoms with van der Waals surface area (Å²) in [6.07, 6.45) is 6.25. The number of aromatic nitrogens is 1. The predicted molar refractivity (Wildman–Crippen MR) is 93.4 cm³/mol. The van der Waals surface area contributed by atoms with Gasteiger partial charge in [0, 0.05) is 30.2 Å². The fourth-order valence-corrected chi connectivity index (χ4v) is 3.41. The first kappa shape index (κ1) is 16.6. The topological polar surface area (TPSA) is 86.4 Å². The number of fused-ring (bicyclic) bond motifs is 1. The van der Waals surface area contributed by atoms with Gasteiger partial charge in [-0.15, -0.1) is 0 Å². The molecule has 0 spiro atoms. The average molecular weight is 331 g/mol. The molecule has 6 heteroatoms. The smallest absolute Gasteiger partial charge is 0.314 e. The zero-order valence-corrected chi connectivity index (χ0v) is 14.0. The van der Waals surface area contributed by atoms with Gasteiger partial charge in [-0.1, -0.05) is 18.9 Å². The van der Waals surface area contributed by atoms with E-state index in [2.05, 4.69) is 15.6 Å². The standard InChI is InChI=1S/C18H25N3O3/c1-24-15-6-4-5-14-16(15)13(11-20-14)7-10-19-17(22)21-12-18(23)8-2-3-9-18/h4-6,11,20,23H,2-3,7-10,12H2,1H3,(H2,19,21,22). The molecule has 0 saturated heterocycles. The summed E-state index contributed by atoms with van der Waals surface area (Å²) < 4.78 is 5.41. The van der Waals surface area contributed by atoms with E-state index < -0.39 is 5.60 Å². The molecule has 2 aromatic rings. The summed E-state index contributed by atoms with van der Waals surface area (Å²) in [4.78, 5) is 15.1. The highest BCUT2D eigenvalue weighted by Gasteiger charge is 2.31. The van der Waals surface area contributed by atoms with E-state index in [1.54, 1.807) is 7.11 Å². The molecule has 1 aliphatic carbocycles. The van der Waals surface area contributed by atoms with Gasteiger partial charge < -0.3 is 25.5 Å². The van der Waals surface area contributed by atoms with Crippen molar-refractivity contribution in [3.8, 4) is 5.75 Å². The number of H-pyrrole nitrogens is 1. The molecule has 3 rings (SSSR count). The number of urea groups is 1. The largest absolute Gasteiger partial charge is 0.496 e. The number of hydrogen-bond donors (Lipinski definition) is 4. The average Bonchev–Trinajstić information content (AvgIpc) is 3.20. The molecule has 1 aromatic heterocycles. The number of methoxy groups -OCH3 is 1. The second-order valence-electron chi connectivity index (χ2n) is 6.49. The lowest BCUT2D eigenvalue weighted by atomic mass is 10.0. The van der Waals surface area contributed by atoms with Gasteiger partial charge in [0.05, 0.1) is 12.7 Å². The van der Waals surface area contributed by atoms with Crippen LogP contribution in [0.2, 0.25) is 0 Å². The van der Waals surface area contributed by atoms with Gasteiger partial charge in [0.2, 0.25) is 0 Å². The van der Waals surface area contributed by atoms with Crippen molar-refractivity contribution in [3.05, 3.63) is 30.0 Å². The number of hydrogen-bond acceptors (Lipinski definition) is 3. The Morgan fingerprint density at radius 3 is 2.88 bits per heavy atom. The number of nitrogens with one attached hydrogen (secondary N) is 3. The predicted octanol–water partition coefficient (Wildman–Crippen LogP) is 2.32. The summed E-state index contributed by atoms with van der Waals surface area (Å²) in [5, 5.41) is 16.9. The van der Waals surface area contributed by atoms with Gasteiger partial charge in [-0.25, -0.2) is 4.79 Å². The lowest BCUT2D eigenvalue weighted by Gasteiger charge is -2.22. The Kier molecular flexibility index (Phi) is 4.94. The zero-order chi connectivity index (χ0) is 17.0. The normalized spacial score (nSPS) is 16.2. The molecule has 24 heavy (non-hydrogen) atoms. The van der Waals surface area contributed by atoms with E-state index in [-0.39, 0.29) is 6.03 Å². The molecule has 0 aliphatic heterocycles. The van der Waals surface area contributed by atoms with Crippen LogP contribution in [0, 0.1) is 0 Å². The summed E-state index contributed by atoms with van der Waals surface area (Å²) >= 11 is 0. The Bertz CT molecular complexity index is 705. The van der Waals surface area contributed by atoms with Crippen LogP contribution in [0.15, 0.2) is 24.4 Å². The quantitative estimate of drug-likeness (QED) is 0.655. The van der Waals surface area contributed by atoms with Crippen molar-refractivity contribution in [1.82, 2.24) is 15.6 Å². The summed E-state index contributed by atoms with van der Waals surface area (Å²) in [6.45, 7) is 0.842. The van der Waals surface area contributed by atoms with Gasteiger partial charge in [0.25, 0.3) is 0 Å². The van der Waals surface area contributed by atoms with Crippen LogP contribution in [0.25, 0.3) is 10.9 Å². The van der Waals surface area contributed by atoms with Crippen LogP contribution in [0.3, 0.4) is 0 Å². The Labute approximate surface area is 141 Å². The first-order valence-corrected chi connectivity index (χ1v) is 8.48. The number of rotatable bonds is 6. The highest BCUT2D eigenvalue weighted by atomic mass is 16.5. The molecular formula is C18H25N3O3. The minimum atomic E-state index is -0.721.